The van der Waals surface area contributed by atoms with E-state index < -0.39 is 11.2 Å². The van der Waals surface area contributed by atoms with Crippen molar-refractivity contribution in [3.05, 3.63) is 54.1 Å². The van der Waals surface area contributed by atoms with Crippen LogP contribution >= 0.6 is 0 Å². The van der Waals surface area contributed by atoms with Crippen LogP contribution in [0.4, 0.5) is 11.4 Å². The first-order chi connectivity index (χ1) is 22.0. The first-order valence-electron chi connectivity index (χ1n) is 16.8. The first kappa shape index (κ1) is 34.1. The van der Waals surface area contributed by atoms with Crippen molar-refractivity contribution in [3.63, 3.8) is 0 Å². The molecule has 254 valence electrons. The normalized spacial score (nSPS) is 21.7. The maximum atomic E-state index is 14.2. The molecule has 2 aromatic rings. The predicted octanol–water partition coefficient (Wildman–Crippen LogP) is 6.00. The molecule has 46 heavy (non-hydrogen) atoms. The highest BCUT2D eigenvalue weighted by atomic mass is 16.5. The van der Waals surface area contributed by atoms with Crippen LogP contribution < -0.4 is 19.9 Å². The summed E-state index contributed by atoms with van der Waals surface area (Å²) in [6, 6.07) is 16.1. The molecule has 9 heteroatoms. The molecule has 0 spiro atoms. The molecule has 5 rings (SSSR count). The van der Waals surface area contributed by atoms with E-state index in [1.165, 1.54) is 0 Å². The summed E-state index contributed by atoms with van der Waals surface area (Å²) < 4.78 is 17.2. The number of rotatable bonds is 14. The highest BCUT2D eigenvalue weighted by Crippen LogP contribution is 2.43. The quantitative estimate of drug-likeness (QED) is 0.254. The molecule has 3 atom stereocenters. The van der Waals surface area contributed by atoms with E-state index in [0.717, 1.165) is 24.1 Å². The molecule has 2 fully saturated rings. The fourth-order valence-corrected chi connectivity index (χ4v) is 6.95. The Morgan fingerprint density at radius 1 is 1.11 bits per heavy atom. The van der Waals surface area contributed by atoms with Gasteiger partial charge in [0.15, 0.2) is 5.60 Å². The molecule has 3 aliphatic rings. The third-order valence-corrected chi connectivity index (χ3v) is 9.92. The van der Waals surface area contributed by atoms with Crippen LogP contribution in [0.15, 0.2) is 48.5 Å². The van der Waals surface area contributed by atoms with Crippen molar-refractivity contribution in [3.8, 4) is 5.75 Å². The summed E-state index contributed by atoms with van der Waals surface area (Å²) in [4.78, 5) is 44.9. The van der Waals surface area contributed by atoms with Gasteiger partial charge < -0.3 is 29.3 Å². The van der Waals surface area contributed by atoms with Gasteiger partial charge in [-0.05, 0) is 83.6 Å². The van der Waals surface area contributed by atoms with Crippen molar-refractivity contribution in [2.75, 3.05) is 50.3 Å². The lowest BCUT2D eigenvalue weighted by Gasteiger charge is -2.40. The van der Waals surface area contributed by atoms with E-state index in [1.54, 1.807) is 33.0 Å². The van der Waals surface area contributed by atoms with Crippen molar-refractivity contribution in [1.82, 2.24) is 5.32 Å². The summed E-state index contributed by atoms with van der Waals surface area (Å²) in [6.45, 7) is 9.86. The van der Waals surface area contributed by atoms with E-state index in [1.807, 2.05) is 41.3 Å². The molecular weight excluding hydrogens is 582 g/mol. The van der Waals surface area contributed by atoms with E-state index in [2.05, 4.69) is 31.3 Å². The van der Waals surface area contributed by atoms with Crippen LogP contribution in [0.25, 0.3) is 0 Å². The predicted molar refractivity (Wildman–Crippen MR) is 184 cm³/mol. The highest BCUT2D eigenvalue weighted by Gasteiger charge is 2.43. The molecule has 1 saturated carbocycles. The molecule has 0 aromatic heterocycles. The maximum Gasteiger partial charge on any atom is 0.270 e. The van der Waals surface area contributed by atoms with Crippen LogP contribution in [0.5, 0.6) is 5.75 Å². The third kappa shape index (κ3) is 7.48. The second kappa shape index (κ2) is 14.2. The van der Waals surface area contributed by atoms with Crippen molar-refractivity contribution in [2.45, 2.75) is 89.4 Å². The number of piperidine rings is 1. The number of fused-ring (bicyclic) bond motifs is 1. The minimum Gasteiger partial charge on any atom is -0.476 e. The molecule has 2 heterocycles. The molecule has 1 aliphatic carbocycles. The van der Waals surface area contributed by atoms with Crippen LogP contribution in [0.3, 0.4) is 0 Å². The second-order valence-electron chi connectivity index (χ2n) is 14.1. The summed E-state index contributed by atoms with van der Waals surface area (Å²) in [6.07, 6.45) is 4.19. The Labute approximate surface area is 276 Å². The Morgan fingerprint density at radius 2 is 1.83 bits per heavy atom. The number of ether oxygens (including phenoxy) is 3. The van der Waals surface area contributed by atoms with E-state index in [0.29, 0.717) is 63.4 Å². The molecule has 2 aliphatic heterocycles. The van der Waals surface area contributed by atoms with Gasteiger partial charge in [0.05, 0.1) is 17.2 Å². The van der Waals surface area contributed by atoms with Crippen LogP contribution in [-0.2, 0) is 23.9 Å². The minimum atomic E-state index is -0.983. The standard InChI is InChI=1S/C37H51N3O6.2H2/c1-36(2,45-6)30(25-11-8-7-9-12-25)16-17-32(41)26-21-27(24-38-23-26)34(42)40(28-13-14-28)29-15-18-33-31(22-29)39(19-10-20-44-5)35(43)37(3,4)46-33;;/h7-9,11-12,15,18,22,26-28,30,38H,10,13-14,16-17,19-21,23-24H2,1-6H3;2*1H/t26-,27+,30+;;/m0../s1. The molecular formula is C37H55N3O6. The van der Waals surface area contributed by atoms with Crippen molar-refractivity contribution >= 4 is 29.0 Å². The maximum absolute atomic E-state index is 14.2. The van der Waals surface area contributed by atoms with E-state index in [9.17, 15) is 14.4 Å². The number of methoxy groups -OCH3 is 2. The summed E-state index contributed by atoms with van der Waals surface area (Å²) in [5.74, 6) is 0.275. The Bertz CT molecular complexity index is 1400. The lowest BCUT2D eigenvalue weighted by atomic mass is 9.78. The summed E-state index contributed by atoms with van der Waals surface area (Å²) in [7, 11) is 3.37. The molecule has 0 bridgehead atoms. The van der Waals surface area contributed by atoms with Gasteiger partial charge in [0.2, 0.25) is 5.91 Å². The highest BCUT2D eigenvalue weighted by molar-refractivity contribution is 6.04. The number of benzene rings is 2. The zero-order valence-electron chi connectivity index (χ0n) is 28.3. The largest absolute Gasteiger partial charge is 0.476 e. The zero-order chi connectivity index (χ0) is 33.1. The van der Waals surface area contributed by atoms with Gasteiger partial charge in [-0.25, -0.2) is 0 Å². The fourth-order valence-electron chi connectivity index (χ4n) is 6.95. The molecule has 0 radical (unpaired) electrons. The fraction of sp³-hybridized carbons (Fsp3) is 0.595. The van der Waals surface area contributed by atoms with Gasteiger partial charge in [-0.1, -0.05) is 30.3 Å². The van der Waals surface area contributed by atoms with Crippen LogP contribution in [0.2, 0.25) is 0 Å². The Kier molecular flexibility index (Phi) is 10.5. The number of amides is 2. The number of hydrogen-bond donors (Lipinski definition) is 1. The van der Waals surface area contributed by atoms with Crippen molar-refractivity contribution < 1.29 is 31.4 Å². The average Bonchev–Trinajstić information content (AvgIpc) is 3.89. The van der Waals surface area contributed by atoms with Crippen molar-refractivity contribution in [1.29, 1.82) is 0 Å². The Balaban J connectivity index is 0.00000312. The molecule has 9 nitrogen and oxygen atoms in total. The van der Waals surface area contributed by atoms with Crippen LogP contribution in [0, 0.1) is 11.8 Å². The molecule has 2 amide bonds. The number of hydrogen-bond acceptors (Lipinski definition) is 7. The third-order valence-electron chi connectivity index (χ3n) is 9.92. The monoisotopic (exact) mass is 637 g/mol. The number of carbonyl (C=O) groups is 3. The molecule has 0 unspecified atom stereocenters. The number of ketones is 1. The SMILES string of the molecule is COCCCN1C(=O)C(C)(C)Oc2ccc(N(C(=O)[C@H]3CNC[C@@H](C(=O)CC[C@H](c4ccccc4)C(C)(C)OC)C3)C3CC3)cc21.[HH].[HH]. The topological polar surface area (TPSA) is 97.4 Å². The Morgan fingerprint density at radius 3 is 2.50 bits per heavy atom. The second-order valence-corrected chi connectivity index (χ2v) is 14.1. The smallest absolute Gasteiger partial charge is 0.270 e. The lowest BCUT2D eigenvalue weighted by molar-refractivity contribution is -0.132. The lowest BCUT2D eigenvalue weighted by Crippen LogP contribution is -2.53. The summed E-state index contributed by atoms with van der Waals surface area (Å²) >= 11 is 0. The Hall–Kier alpha value is -3.27. The first-order valence-corrected chi connectivity index (χ1v) is 16.8. The van der Waals surface area contributed by atoms with Gasteiger partial charge in [0, 0.05) is 73.3 Å². The van der Waals surface area contributed by atoms with Gasteiger partial charge in [-0.2, -0.15) is 0 Å². The van der Waals surface area contributed by atoms with E-state index in [4.69, 9.17) is 14.2 Å². The van der Waals surface area contributed by atoms with E-state index >= 15 is 0 Å². The van der Waals surface area contributed by atoms with Gasteiger partial charge in [-0.3, -0.25) is 14.4 Å². The summed E-state index contributed by atoms with van der Waals surface area (Å²) in [5, 5.41) is 3.40. The molecule has 2 aromatic carbocycles. The van der Waals surface area contributed by atoms with Gasteiger partial charge in [-0.15, -0.1) is 0 Å². The minimum absolute atomic E-state index is 0. The van der Waals surface area contributed by atoms with E-state index in [-0.39, 0.29) is 44.2 Å². The molecule has 1 N–H and O–H groups in total. The van der Waals surface area contributed by atoms with Gasteiger partial charge in [0.25, 0.3) is 5.91 Å². The van der Waals surface area contributed by atoms with Crippen LogP contribution in [0.1, 0.15) is 80.6 Å². The average molecular weight is 638 g/mol. The zero-order valence-corrected chi connectivity index (χ0v) is 28.3. The molecule has 1 saturated heterocycles. The van der Waals surface area contributed by atoms with Crippen molar-refractivity contribution in [2.24, 2.45) is 11.8 Å². The summed E-state index contributed by atoms with van der Waals surface area (Å²) in [5.41, 5.74) is 1.20. The van der Waals surface area contributed by atoms with Gasteiger partial charge in [0.1, 0.15) is 11.5 Å². The van der Waals surface area contributed by atoms with Gasteiger partial charge >= 0.3 is 0 Å². The number of Topliss-reactive ketones (excluding diaryl/α,β-unsaturated/α-hetero) is 1. The number of anilines is 2. The number of nitrogens with one attached hydrogen (secondary N) is 1. The van der Waals surface area contributed by atoms with Crippen LogP contribution in [-0.4, -0.2) is 75.3 Å². The number of nitrogens with zero attached hydrogens (tertiary/aromatic N) is 2. The number of carbonyl (C=O) groups excluding carboxylic acids is 3.